The second-order valence-electron chi connectivity index (χ2n) is 9.44. The van der Waals surface area contributed by atoms with E-state index < -0.39 is 38.1 Å². The number of amides is 1. The number of sulfonamides is 2. The highest BCUT2D eigenvalue weighted by Gasteiger charge is 2.36. The molecule has 4 rings (SSSR count). The zero-order valence-corrected chi connectivity index (χ0v) is 24.2. The molecule has 2 heterocycles. The van der Waals surface area contributed by atoms with Crippen molar-refractivity contribution < 1.29 is 31.5 Å². The van der Waals surface area contributed by atoms with E-state index in [2.05, 4.69) is 4.72 Å². The molecule has 0 bridgehead atoms. The molecule has 2 N–H and O–H groups in total. The predicted molar refractivity (Wildman–Crippen MR) is 149 cm³/mol. The number of ether oxygens (including phenoxy) is 1. The summed E-state index contributed by atoms with van der Waals surface area (Å²) in [6.07, 6.45) is -0.763. The van der Waals surface area contributed by atoms with E-state index in [-0.39, 0.29) is 51.7 Å². The lowest BCUT2D eigenvalue weighted by Crippen LogP contribution is -2.50. The van der Waals surface area contributed by atoms with Crippen LogP contribution in [-0.4, -0.2) is 75.9 Å². The molecule has 1 aromatic heterocycles. The van der Waals surface area contributed by atoms with Crippen LogP contribution in [0.1, 0.15) is 24.2 Å². The van der Waals surface area contributed by atoms with Crippen molar-refractivity contribution in [2.75, 3.05) is 31.5 Å². The number of rotatable bonds is 9. The summed E-state index contributed by atoms with van der Waals surface area (Å²) >= 11 is 1.04. The fourth-order valence-corrected chi connectivity index (χ4v) is 7.54. The van der Waals surface area contributed by atoms with Crippen molar-refractivity contribution in [1.82, 2.24) is 9.21 Å². The quantitative estimate of drug-likeness (QED) is 0.390. The third kappa shape index (κ3) is 6.12. The molecular formula is C26H31N3O7S3. The van der Waals surface area contributed by atoms with Crippen LogP contribution in [0.4, 0.5) is 5.69 Å². The standard InChI is InChI=1S/C26H31N3O7S3/c1-18-15-29(19(2)17-30)26(31)21-11-7-12-22(27-38(32,33)24-13-8-14-37-24)25(21)36-23(18)16-28(3)39(34,35)20-9-5-4-6-10-20/h4-14,18-19,23,27,30H,15-17H2,1-3H3/t18-,19+,23+/m1/s1. The maximum atomic E-state index is 13.6. The van der Waals surface area contributed by atoms with E-state index in [0.717, 1.165) is 11.3 Å². The van der Waals surface area contributed by atoms with Crippen LogP contribution < -0.4 is 9.46 Å². The van der Waals surface area contributed by atoms with Crippen molar-refractivity contribution in [2.24, 2.45) is 5.92 Å². The smallest absolute Gasteiger partial charge is 0.271 e. The Hall–Kier alpha value is -2.97. The highest BCUT2D eigenvalue weighted by molar-refractivity contribution is 7.94. The minimum absolute atomic E-state index is 0.000157. The molecule has 1 aliphatic rings. The number of nitrogens with one attached hydrogen (secondary N) is 1. The Labute approximate surface area is 232 Å². The second kappa shape index (κ2) is 11.6. The van der Waals surface area contributed by atoms with Crippen molar-refractivity contribution in [2.45, 2.75) is 35.1 Å². The number of fused-ring (bicyclic) bond motifs is 1. The van der Waals surface area contributed by atoms with E-state index in [1.54, 1.807) is 42.6 Å². The van der Waals surface area contributed by atoms with Gasteiger partial charge >= 0.3 is 0 Å². The summed E-state index contributed by atoms with van der Waals surface area (Å²) in [5.41, 5.74) is 0.158. The monoisotopic (exact) mass is 593 g/mol. The molecular weight excluding hydrogens is 563 g/mol. The fraction of sp³-hybridized carbons (Fsp3) is 0.346. The maximum absolute atomic E-state index is 13.6. The SMILES string of the molecule is C[C@@H]1CN([C@@H](C)CO)C(=O)c2cccc(NS(=O)(=O)c3cccs3)c2O[C@H]1CN(C)S(=O)(=O)c1ccccc1. The molecule has 1 aliphatic heterocycles. The minimum atomic E-state index is -3.97. The number of aliphatic hydroxyl groups is 1. The second-order valence-corrected chi connectivity index (χ2v) is 14.3. The molecule has 1 amide bonds. The number of carbonyl (C=O) groups is 1. The lowest BCUT2D eigenvalue weighted by Gasteiger charge is -2.38. The molecule has 10 nitrogen and oxygen atoms in total. The summed E-state index contributed by atoms with van der Waals surface area (Å²) in [5, 5.41) is 11.5. The van der Waals surface area contributed by atoms with Crippen molar-refractivity contribution in [1.29, 1.82) is 0 Å². The lowest BCUT2D eigenvalue weighted by atomic mass is 9.99. The van der Waals surface area contributed by atoms with Crippen LogP contribution in [0.15, 0.2) is 75.1 Å². The molecule has 0 aliphatic carbocycles. The maximum Gasteiger partial charge on any atom is 0.271 e. The van der Waals surface area contributed by atoms with E-state index >= 15 is 0 Å². The number of nitrogens with zero attached hydrogens (tertiary/aromatic N) is 2. The molecule has 3 aromatic rings. The topological polar surface area (TPSA) is 133 Å². The number of thiophene rings is 1. The van der Waals surface area contributed by atoms with Gasteiger partial charge in [0.15, 0.2) is 5.75 Å². The van der Waals surface area contributed by atoms with Gasteiger partial charge in [-0.25, -0.2) is 16.8 Å². The van der Waals surface area contributed by atoms with Crippen LogP contribution in [0.3, 0.4) is 0 Å². The minimum Gasteiger partial charge on any atom is -0.486 e. The molecule has 39 heavy (non-hydrogen) atoms. The van der Waals surface area contributed by atoms with Gasteiger partial charge in [-0.05, 0) is 42.6 Å². The molecule has 0 spiro atoms. The molecule has 0 saturated carbocycles. The number of benzene rings is 2. The van der Waals surface area contributed by atoms with Crippen LogP contribution in [0, 0.1) is 5.92 Å². The highest BCUT2D eigenvalue weighted by atomic mass is 32.2. The first kappa shape index (κ1) is 29.0. The summed E-state index contributed by atoms with van der Waals surface area (Å²) < 4.78 is 62.7. The van der Waals surface area contributed by atoms with Gasteiger partial charge in [0.25, 0.3) is 15.9 Å². The Morgan fingerprint density at radius 3 is 2.46 bits per heavy atom. The first-order valence-corrected chi connectivity index (χ1v) is 16.0. The van der Waals surface area contributed by atoms with Gasteiger partial charge in [0, 0.05) is 19.5 Å². The predicted octanol–water partition coefficient (Wildman–Crippen LogP) is 3.09. The summed E-state index contributed by atoms with van der Waals surface area (Å²) in [5.74, 6) is -0.814. The number of para-hydroxylation sites is 1. The highest BCUT2D eigenvalue weighted by Crippen LogP contribution is 2.36. The molecule has 2 aromatic carbocycles. The van der Waals surface area contributed by atoms with Crippen molar-refractivity contribution >= 4 is 43.0 Å². The molecule has 3 atom stereocenters. The van der Waals surface area contributed by atoms with Crippen LogP contribution in [0.5, 0.6) is 5.75 Å². The Kier molecular flexibility index (Phi) is 8.66. The zero-order valence-electron chi connectivity index (χ0n) is 21.7. The molecule has 0 radical (unpaired) electrons. The summed E-state index contributed by atoms with van der Waals surface area (Å²) in [7, 11) is -6.38. The first-order valence-electron chi connectivity index (χ1n) is 12.2. The number of aliphatic hydroxyl groups excluding tert-OH is 1. The molecule has 13 heteroatoms. The van der Waals surface area contributed by atoms with Gasteiger partial charge in [0.05, 0.1) is 35.3 Å². The van der Waals surface area contributed by atoms with Crippen LogP contribution in [0.25, 0.3) is 0 Å². The largest absolute Gasteiger partial charge is 0.486 e. The van der Waals surface area contributed by atoms with Gasteiger partial charge in [-0.15, -0.1) is 11.3 Å². The van der Waals surface area contributed by atoms with Gasteiger partial charge in [-0.1, -0.05) is 37.3 Å². The number of carbonyl (C=O) groups excluding carboxylic acids is 1. The van der Waals surface area contributed by atoms with Gasteiger partial charge in [0.2, 0.25) is 10.0 Å². The van der Waals surface area contributed by atoms with Crippen LogP contribution >= 0.6 is 11.3 Å². The fourth-order valence-electron chi connectivity index (χ4n) is 4.28. The third-order valence-corrected chi connectivity index (χ3v) is 11.2. The molecule has 0 saturated heterocycles. The van der Waals surface area contributed by atoms with Gasteiger partial charge < -0.3 is 14.7 Å². The van der Waals surface area contributed by atoms with Crippen molar-refractivity contribution in [3.63, 3.8) is 0 Å². The summed E-state index contributed by atoms with van der Waals surface area (Å²) in [6.45, 7) is 3.36. The Morgan fingerprint density at radius 1 is 1.10 bits per heavy atom. The van der Waals surface area contributed by atoms with Crippen molar-refractivity contribution in [3.05, 3.63) is 71.6 Å². The van der Waals surface area contributed by atoms with E-state index in [0.29, 0.717) is 0 Å². The average molecular weight is 594 g/mol. The van der Waals surface area contributed by atoms with E-state index in [1.165, 1.54) is 46.6 Å². The van der Waals surface area contributed by atoms with Crippen molar-refractivity contribution in [3.8, 4) is 5.75 Å². The normalized spacial score (nSPS) is 19.1. The third-order valence-electron chi connectivity index (χ3n) is 6.58. The van der Waals surface area contributed by atoms with E-state index in [9.17, 15) is 26.7 Å². The molecule has 0 fully saturated rings. The van der Waals surface area contributed by atoms with Crippen LogP contribution in [-0.2, 0) is 20.0 Å². The van der Waals surface area contributed by atoms with E-state index in [4.69, 9.17) is 4.74 Å². The van der Waals surface area contributed by atoms with Gasteiger partial charge in [0.1, 0.15) is 10.3 Å². The Morgan fingerprint density at radius 2 is 1.82 bits per heavy atom. The lowest BCUT2D eigenvalue weighted by molar-refractivity contribution is 0.0389. The Balaban J connectivity index is 1.76. The zero-order chi connectivity index (χ0) is 28.4. The average Bonchev–Trinajstić information content (AvgIpc) is 3.47. The number of anilines is 1. The molecule has 210 valence electrons. The van der Waals surface area contributed by atoms with E-state index in [1.807, 2.05) is 6.92 Å². The summed E-state index contributed by atoms with van der Waals surface area (Å²) in [6, 6.07) is 15.1. The van der Waals surface area contributed by atoms with Gasteiger partial charge in [-0.3, -0.25) is 9.52 Å². The van der Waals surface area contributed by atoms with Gasteiger partial charge in [-0.2, -0.15) is 4.31 Å². The summed E-state index contributed by atoms with van der Waals surface area (Å²) in [4.78, 5) is 15.2. The number of hydrogen-bond donors (Lipinski definition) is 2. The first-order chi connectivity index (χ1) is 18.5. The Bertz CT molecular complexity index is 1510. The van der Waals surface area contributed by atoms with Crippen LogP contribution in [0.2, 0.25) is 0 Å². The number of likely N-dealkylation sites (N-methyl/N-ethyl adjacent to an activating group) is 1. The number of hydrogen-bond acceptors (Lipinski definition) is 8. The molecule has 0 unspecified atom stereocenters.